The molecule has 2 aromatic heterocycles. The highest BCUT2D eigenvalue weighted by Gasteiger charge is 2.27. The van der Waals surface area contributed by atoms with Gasteiger partial charge in [-0.2, -0.15) is 0 Å². The molecule has 1 fully saturated rings. The van der Waals surface area contributed by atoms with Crippen LogP contribution < -0.4 is 15.5 Å². The Morgan fingerprint density at radius 3 is 2.56 bits per heavy atom. The van der Waals surface area contributed by atoms with E-state index in [0.717, 1.165) is 43.0 Å². The Bertz CT molecular complexity index is 1090. The number of ether oxygens (including phenoxy) is 1. The van der Waals surface area contributed by atoms with E-state index in [2.05, 4.69) is 30.7 Å². The molecule has 0 radical (unpaired) electrons. The van der Waals surface area contributed by atoms with Gasteiger partial charge in [-0.15, -0.1) is 5.10 Å². The molecule has 32 heavy (non-hydrogen) atoms. The molecule has 166 valence electrons. The molecule has 0 aliphatic carbocycles. The third-order valence-corrected chi connectivity index (χ3v) is 5.28. The average molecular weight is 436 g/mol. The van der Waals surface area contributed by atoms with Gasteiger partial charge in [0, 0.05) is 18.8 Å². The highest BCUT2D eigenvalue weighted by Crippen LogP contribution is 2.26. The molecule has 0 spiro atoms. The zero-order chi connectivity index (χ0) is 22.5. The van der Waals surface area contributed by atoms with E-state index in [1.807, 2.05) is 43.3 Å². The number of nitrogens with zero attached hydrogens (tertiary/aromatic N) is 4. The molecule has 10 nitrogen and oxygen atoms in total. The monoisotopic (exact) mass is 436 g/mol. The molecule has 1 aromatic carbocycles. The maximum Gasteiger partial charge on any atom is 0.320 e. The largest absolute Gasteiger partial charge is 0.469 e. The summed E-state index contributed by atoms with van der Waals surface area (Å²) in [6, 6.07) is 11.3. The Balaban J connectivity index is 1.37. The fourth-order valence-corrected chi connectivity index (χ4v) is 3.66. The second-order valence-electron chi connectivity index (χ2n) is 7.51. The number of benzene rings is 1. The molecule has 10 heteroatoms. The Kier molecular flexibility index (Phi) is 6.29. The lowest BCUT2D eigenvalue weighted by Gasteiger charge is -2.32. The van der Waals surface area contributed by atoms with E-state index in [1.165, 1.54) is 7.11 Å². The number of anilines is 4. The van der Waals surface area contributed by atoms with Crippen LogP contribution in [0, 0.1) is 12.8 Å². The topological polar surface area (TPSA) is 122 Å². The molecule has 1 aliphatic rings. The molecule has 0 atom stereocenters. The van der Waals surface area contributed by atoms with Gasteiger partial charge in [0.2, 0.25) is 0 Å². The summed E-state index contributed by atoms with van der Waals surface area (Å²) < 4.78 is 10.2. The first kappa shape index (κ1) is 21.3. The van der Waals surface area contributed by atoms with Gasteiger partial charge >= 0.3 is 23.8 Å². The predicted octanol–water partition coefficient (Wildman–Crippen LogP) is 3.16. The Morgan fingerprint density at radius 2 is 1.88 bits per heavy atom. The van der Waals surface area contributed by atoms with Crippen LogP contribution in [0.2, 0.25) is 0 Å². The van der Waals surface area contributed by atoms with Crippen LogP contribution in [0.3, 0.4) is 0 Å². The fourth-order valence-electron chi connectivity index (χ4n) is 3.66. The SMILES string of the molecule is COC(=O)C1CCN(c2ncc(NC(=O)c3nnc(Nc4ccccc4)o3)cc2C)CC1. The number of para-hydroxylation sites is 1. The van der Waals surface area contributed by atoms with Crippen molar-refractivity contribution in [2.24, 2.45) is 5.92 Å². The van der Waals surface area contributed by atoms with Crippen molar-refractivity contribution in [1.82, 2.24) is 15.2 Å². The summed E-state index contributed by atoms with van der Waals surface area (Å²) in [5.74, 6) is -0.0683. The van der Waals surface area contributed by atoms with Gasteiger partial charge in [0.25, 0.3) is 0 Å². The van der Waals surface area contributed by atoms with Crippen molar-refractivity contribution in [3.05, 3.63) is 54.0 Å². The van der Waals surface area contributed by atoms with Gasteiger partial charge in [0.1, 0.15) is 5.82 Å². The number of carbonyl (C=O) groups is 2. The number of hydrogen-bond acceptors (Lipinski definition) is 9. The fraction of sp³-hybridized carbons (Fsp3) is 0.318. The molecule has 1 amide bonds. The van der Waals surface area contributed by atoms with Gasteiger partial charge in [-0.1, -0.05) is 23.3 Å². The molecule has 3 aromatic rings. The van der Waals surface area contributed by atoms with E-state index in [-0.39, 0.29) is 23.8 Å². The van der Waals surface area contributed by atoms with E-state index < -0.39 is 5.91 Å². The van der Waals surface area contributed by atoms with E-state index >= 15 is 0 Å². The molecule has 1 aliphatic heterocycles. The number of carbonyl (C=O) groups excluding carboxylic acids is 2. The Hall–Kier alpha value is -3.95. The molecular formula is C22H24N6O4. The van der Waals surface area contributed by atoms with Crippen LogP contribution >= 0.6 is 0 Å². The van der Waals surface area contributed by atoms with Crippen LogP contribution in [0.1, 0.15) is 29.1 Å². The zero-order valence-electron chi connectivity index (χ0n) is 17.9. The number of esters is 1. The summed E-state index contributed by atoms with van der Waals surface area (Å²) in [7, 11) is 1.42. The summed E-state index contributed by atoms with van der Waals surface area (Å²) in [4.78, 5) is 30.9. The molecule has 0 saturated carbocycles. The Labute approximate surface area is 185 Å². The summed E-state index contributed by atoms with van der Waals surface area (Å²) in [5, 5.41) is 13.3. The van der Waals surface area contributed by atoms with Crippen LogP contribution in [0.4, 0.5) is 23.2 Å². The van der Waals surface area contributed by atoms with Gasteiger partial charge < -0.3 is 24.7 Å². The number of pyridine rings is 1. The minimum absolute atomic E-state index is 0.0641. The summed E-state index contributed by atoms with van der Waals surface area (Å²) >= 11 is 0. The van der Waals surface area contributed by atoms with Gasteiger partial charge in [-0.05, 0) is 43.5 Å². The van der Waals surface area contributed by atoms with Crippen LogP contribution in [0.25, 0.3) is 0 Å². The maximum absolute atomic E-state index is 12.5. The third kappa shape index (κ3) is 4.85. The van der Waals surface area contributed by atoms with Crippen LogP contribution in [-0.4, -0.2) is 47.3 Å². The van der Waals surface area contributed by atoms with E-state index in [9.17, 15) is 9.59 Å². The van der Waals surface area contributed by atoms with Crippen molar-refractivity contribution in [3.63, 3.8) is 0 Å². The molecule has 1 saturated heterocycles. The molecule has 3 heterocycles. The minimum Gasteiger partial charge on any atom is -0.469 e. The normalized spacial score (nSPS) is 14.1. The van der Waals surface area contributed by atoms with Crippen molar-refractivity contribution in [2.75, 3.05) is 35.7 Å². The highest BCUT2D eigenvalue weighted by atomic mass is 16.5. The number of methoxy groups -OCH3 is 1. The number of aryl methyl sites for hydroxylation is 1. The van der Waals surface area contributed by atoms with Gasteiger partial charge in [0.05, 0.1) is 24.9 Å². The molecular weight excluding hydrogens is 412 g/mol. The molecule has 0 unspecified atom stereocenters. The highest BCUT2D eigenvalue weighted by molar-refractivity contribution is 6.01. The van der Waals surface area contributed by atoms with Gasteiger partial charge in [-0.25, -0.2) is 4.98 Å². The van der Waals surface area contributed by atoms with Crippen LogP contribution in [-0.2, 0) is 9.53 Å². The van der Waals surface area contributed by atoms with Crippen molar-refractivity contribution in [1.29, 1.82) is 0 Å². The van der Waals surface area contributed by atoms with E-state index in [0.29, 0.717) is 5.69 Å². The lowest BCUT2D eigenvalue weighted by Crippen LogP contribution is -2.37. The lowest BCUT2D eigenvalue weighted by molar-refractivity contribution is -0.146. The number of piperidine rings is 1. The third-order valence-electron chi connectivity index (χ3n) is 5.28. The number of nitrogens with one attached hydrogen (secondary N) is 2. The zero-order valence-corrected chi connectivity index (χ0v) is 17.9. The summed E-state index contributed by atoms with van der Waals surface area (Å²) in [5.41, 5.74) is 2.21. The Morgan fingerprint density at radius 1 is 1.12 bits per heavy atom. The van der Waals surface area contributed by atoms with Gasteiger partial charge in [0.15, 0.2) is 0 Å². The van der Waals surface area contributed by atoms with Crippen molar-refractivity contribution < 1.29 is 18.7 Å². The number of hydrogen-bond donors (Lipinski definition) is 2. The quantitative estimate of drug-likeness (QED) is 0.561. The van der Waals surface area contributed by atoms with Crippen molar-refractivity contribution in [3.8, 4) is 0 Å². The second kappa shape index (κ2) is 9.46. The first-order chi connectivity index (χ1) is 15.5. The lowest BCUT2D eigenvalue weighted by atomic mass is 9.97. The summed E-state index contributed by atoms with van der Waals surface area (Å²) in [6.45, 7) is 3.37. The molecule has 0 bridgehead atoms. The predicted molar refractivity (Wildman–Crippen MR) is 118 cm³/mol. The van der Waals surface area contributed by atoms with Crippen LogP contribution in [0.15, 0.2) is 47.0 Å². The summed E-state index contributed by atoms with van der Waals surface area (Å²) in [6.07, 6.45) is 3.04. The first-order valence-corrected chi connectivity index (χ1v) is 10.3. The van der Waals surface area contributed by atoms with Crippen molar-refractivity contribution in [2.45, 2.75) is 19.8 Å². The average Bonchev–Trinajstić information content (AvgIpc) is 3.28. The maximum atomic E-state index is 12.5. The number of rotatable bonds is 6. The molecule has 4 rings (SSSR count). The van der Waals surface area contributed by atoms with E-state index in [4.69, 9.17) is 9.15 Å². The first-order valence-electron chi connectivity index (χ1n) is 10.3. The van der Waals surface area contributed by atoms with Gasteiger partial charge in [-0.3, -0.25) is 9.59 Å². The number of aromatic nitrogens is 3. The standard InChI is InChI=1S/C22H24N6O4/c1-14-12-17(13-23-18(14)28-10-8-15(9-11-28)21(30)31-2)24-19(29)20-26-27-22(32-20)25-16-6-4-3-5-7-16/h3-7,12-13,15H,8-11H2,1-2H3,(H,24,29)(H,25,27). The number of amides is 1. The van der Waals surface area contributed by atoms with E-state index in [1.54, 1.807) is 6.20 Å². The second-order valence-corrected chi connectivity index (χ2v) is 7.51. The molecule has 2 N–H and O–H groups in total. The van der Waals surface area contributed by atoms with Crippen LogP contribution in [0.5, 0.6) is 0 Å². The van der Waals surface area contributed by atoms with Crippen molar-refractivity contribution >= 4 is 35.1 Å². The minimum atomic E-state index is -0.522. The smallest absolute Gasteiger partial charge is 0.320 e.